The van der Waals surface area contributed by atoms with Crippen molar-refractivity contribution in [3.63, 3.8) is 0 Å². The Morgan fingerprint density at radius 1 is 1.10 bits per heavy atom. The second-order valence-corrected chi connectivity index (χ2v) is 7.25. The summed E-state index contributed by atoms with van der Waals surface area (Å²) >= 11 is 0. The quantitative estimate of drug-likeness (QED) is 0.454. The second-order valence-electron chi connectivity index (χ2n) is 7.25. The lowest BCUT2D eigenvalue weighted by Gasteiger charge is -2.32. The maximum absolute atomic E-state index is 12.1. The van der Waals surface area contributed by atoms with Crippen LogP contribution in [0.1, 0.15) is 23.2 Å². The largest absolute Gasteiger partial charge is 0.371 e. The maximum Gasteiger partial charge on any atom is 0.270 e. The molecule has 1 saturated heterocycles. The molecule has 0 radical (unpaired) electrons. The third kappa shape index (κ3) is 5.78. The lowest BCUT2D eigenvalue weighted by atomic mass is 9.96. The number of hydrogen-bond acceptors (Lipinski definition) is 6. The van der Waals surface area contributed by atoms with Crippen LogP contribution in [-0.2, 0) is 9.59 Å². The number of benzene rings is 2. The summed E-state index contributed by atoms with van der Waals surface area (Å²) in [6, 6.07) is 12.6. The van der Waals surface area contributed by atoms with Gasteiger partial charge in [-0.2, -0.15) is 0 Å². The first-order valence-corrected chi connectivity index (χ1v) is 9.80. The summed E-state index contributed by atoms with van der Waals surface area (Å²) in [6.07, 6.45) is 1.44. The van der Waals surface area contributed by atoms with Gasteiger partial charge >= 0.3 is 0 Å². The summed E-state index contributed by atoms with van der Waals surface area (Å²) < 4.78 is 0. The van der Waals surface area contributed by atoms with E-state index in [1.807, 2.05) is 12.1 Å². The average Bonchev–Trinajstić information content (AvgIpc) is 2.78. The fraction of sp³-hybridized carbons (Fsp3) is 0.286. The van der Waals surface area contributed by atoms with Gasteiger partial charge in [0.2, 0.25) is 11.8 Å². The molecular weight excluding hydrogens is 402 g/mol. The summed E-state index contributed by atoms with van der Waals surface area (Å²) in [4.78, 5) is 47.9. The molecule has 2 aromatic rings. The molecule has 0 saturated carbocycles. The highest BCUT2D eigenvalue weighted by atomic mass is 16.6. The molecule has 0 aliphatic carbocycles. The number of amides is 3. The van der Waals surface area contributed by atoms with Gasteiger partial charge in [-0.05, 0) is 43.2 Å². The molecule has 0 spiro atoms. The zero-order valence-corrected chi connectivity index (χ0v) is 16.7. The van der Waals surface area contributed by atoms with Crippen molar-refractivity contribution in [1.29, 1.82) is 0 Å². The zero-order chi connectivity index (χ0) is 22.4. The second kappa shape index (κ2) is 9.70. The van der Waals surface area contributed by atoms with Crippen molar-refractivity contribution in [2.45, 2.75) is 12.8 Å². The first kappa shape index (κ1) is 21.8. The molecule has 3 amide bonds. The third-order valence-corrected chi connectivity index (χ3v) is 5.14. The van der Waals surface area contributed by atoms with Crippen LogP contribution in [0.25, 0.3) is 0 Å². The van der Waals surface area contributed by atoms with Gasteiger partial charge in [-0.25, -0.2) is 0 Å². The van der Waals surface area contributed by atoms with Crippen molar-refractivity contribution >= 4 is 34.8 Å². The summed E-state index contributed by atoms with van der Waals surface area (Å²) in [5, 5.41) is 15.9. The summed E-state index contributed by atoms with van der Waals surface area (Å²) in [5.41, 5.74) is 6.83. The maximum atomic E-state index is 12.1. The molecule has 4 N–H and O–H groups in total. The van der Waals surface area contributed by atoms with Crippen molar-refractivity contribution in [3.8, 4) is 0 Å². The zero-order valence-electron chi connectivity index (χ0n) is 16.7. The Morgan fingerprint density at radius 3 is 2.39 bits per heavy atom. The Balaban J connectivity index is 1.48. The molecule has 31 heavy (non-hydrogen) atoms. The summed E-state index contributed by atoms with van der Waals surface area (Å²) in [5.74, 6) is -1.33. The van der Waals surface area contributed by atoms with E-state index in [-0.39, 0.29) is 29.6 Å². The van der Waals surface area contributed by atoms with Crippen molar-refractivity contribution in [2.75, 3.05) is 29.9 Å². The monoisotopic (exact) mass is 425 g/mol. The van der Waals surface area contributed by atoms with Gasteiger partial charge in [0.1, 0.15) is 0 Å². The van der Waals surface area contributed by atoms with Crippen molar-refractivity contribution in [1.82, 2.24) is 5.32 Å². The first-order valence-electron chi connectivity index (χ1n) is 9.80. The Kier molecular flexibility index (Phi) is 6.81. The predicted molar refractivity (Wildman–Crippen MR) is 115 cm³/mol. The number of piperidine rings is 1. The number of nitro benzene ring substituents is 1. The fourth-order valence-electron chi connectivity index (χ4n) is 3.41. The average molecular weight is 425 g/mol. The number of hydrogen-bond donors (Lipinski definition) is 3. The number of rotatable bonds is 7. The molecule has 0 bridgehead atoms. The number of carbonyl (C=O) groups excluding carboxylic acids is 3. The van der Waals surface area contributed by atoms with Crippen LogP contribution in [-0.4, -0.2) is 42.3 Å². The van der Waals surface area contributed by atoms with E-state index >= 15 is 0 Å². The lowest BCUT2D eigenvalue weighted by molar-refractivity contribution is -0.384. The van der Waals surface area contributed by atoms with E-state index < -0.39 is 16.7 Å². The first-order chi connectivity index (χ1) is 14.8. The number of anilines is 2. The van der Waals surface area contributed by atoms with Gasteiger partial charge < -0.3 is 21.3 Å². The molecule has 2 aromatic carbocycles. The molecule has 1 heterocycles. The highest BCUT2D eigenvalue weighted by Gasteiger charge is 2.23. The number of carbonyl (C=O) groups is 3. The molecule has 0 aromatic heterocycles. The minimum atomic E-state index is -0.590. The van der Waals surface area contributed by atoms with Gasteiger partial charge in [0.05, 0.1) is 11.5 Å². The van der Waals surface area contributed by atoms with Crippen LogP contribution in [0.2, 0.25) is 0 Å². The Morgan fingerprint density at radius 2 is 1.77 bits per heavy atom. The Hall–Kier alpha value is -3.95. The number of non-ortho nitro benzene ring substituents is 1. The molecule has 3 rings (SSSR count). The van der Waals surface area contributed by atoms with Gasteiger partial charge in [0.15, 0.2) is 0 Å². The van der Waals surface area contributed by atoms with Crippen LogP contribution < -0.4 is 21.3 Å². The van der Waals surface area contributed by atoms with Crippen molar-refractivity contribution in [2.24, 2.45) is 11.7 Å². The van der Waals surface area contributed by atoms with Crippen LogP contribution >= 0.6 is 0 Å². The normalized spacial score (nSPS) is 14.0. The highest BCUT2D eigenvalue weighted by Crippen LogP contribution is 2.24. The lowest BCUT2D eigenvalue weighted by Crippen LogP contribution is -2.38. The van der Waals surface area contributed by atoms with Crippen LogP contribution in [0.3, 0.4) is 0 Å². The molecule has 10 heteroatoms. The van der Waals surface area contributed by atoms with Gasteiger partial charge in [-0.3, -0.25) is 24.5 Å². The van der Waals surface area contributed by atoms with Gasteiger partial charge in [0.25, 0.3) is 11.6 Å². The molecule has 1 aliphatic heterocycles. The van der Waals surface area contributed by atoms with Gasteiger partial charge in [0, 0.05) is 48.1 Å². The molecule has 0 unspecified atom stereocenters. The number of primary amides is 1. The molecular formula is C21H23N5O5. The molecule has 10 nitrogen and oxygen atoms in total. The number of nitrogens with one attached hydrogen (secondary N) is 2. The number of nitro groups is 1. The van der Waals surface area contributed by atoms with Crippen LogP contribution in [0.15, 0.2) is 48.5 Å². The van der Waals surface area contributed by atoms with Crippen molar-refractivity contribution < 1.29 is 19.3 Å². The van der Waals surface area contributed by atoms with E-state index in [4.69, 9.17) is 5.73 Å². The molecule has 1 fully saturated rings. The van der Waals surface area contributed by atoms with Crippen molar-refractivity contribution in [3.05, 3.63) is 64.2 Å². The topological polar surface area (TPSA) is 148 Å². The van der Waals surface area contributed by atoms with E-state index in [0.717, 1.165) is 37.7 Å². The molecule has 0 atom stereocenters. The van der Waals surface area contributed by atoms with Gasteiger partial charge in [-0.1, -0.05) is 6.07 Å². The van der Waals surface area contributed by atoms with E-state index in [1.165, 1.54) is 18.2 Å². The van der Waals surface area contributed by atoms with Crippen LogP contribution in [0.4, 0.5) is 17.1 Å². The minimum absolute atomic E-state index is 0.0768. The van der Waals surface area contributed by atoms with Crippen LogP contribution in [0.5, 0.6) is 0 Å². The fourth-order valence-corrected chi connectivity index (χ4v) is 3.41. The van der Waals surface area contributed by atoms with E-state index in [1.54, 1.807) is 12.1 Å². The Bertz CT molecular complexity index is 984. The summed E-state index contributed by atoms with van der Waals surface area (Å²) in [6.45, 7) is 1.20. The minimum Gasteiger partial charge on any atom is -0.371 e. The smallest absolute Gasteiger partial charge is 0.270 e. The molecule has 1 aliphatic rings. The van der Waals surface area contributed by atoms with Gasteiger partial charge in [-0.15, -0.1) is 0 Å². The van der Waals surface area contributed by atoms with E-state index in [2.05, 4.69) is 15.5 Å². The van der Waals surface area contributed by atoms with Crippen LogP contribution in [0, 0.1) is 16.0 Å². The summed E-state index contributed by atoms with van der Waals surface area (Å²) in [7, 11) is 0. The molecule has 162 valence electrons. The predicted octanol–water partition coefficient (Wildman–Crippen LogP) is 1.66. The van der Waals surface area contributed by atoms with E-state index in [9.17, 15) is 24.5 Å². The van der Waals surface area contributed by atoms with E-state index in [0.29, 0.717) is 5.69 Å². The Labute approximate surface area is 178 Å². The number of nitrogens with two attached hydrogens (primary N) is 1. The SMILES string of the molecule is NC(=O)C1CCN(c2ccc(NC(=O)CNC(=O)c3cccc([N+](=O)[O-])c3)cc2)CC1. The standard InChI is InChI=1S/C21H23N5O5/c22-20(28)14-8-10-25(11-9-14)17-6-4-16(5-7-17)24-19(27)13-23-21(29)15-2-1-3-18(12-15)26(30)31/h1-7,12,14H,8-11,13H2,(H2,22,28)(H,23,29)(H,24,27). The third-order valence-electron chi connectivity index (χ3n) is 5.14. The highest BCUT2D eigenvalue weighted by molar-refractivity contribution is 5.99. The number of nitrogens with zero attached hydrogens (tertiary/aromatic N) is 2.